The quantitative estimate of drug-likeness (QED) is 0.834. The minimum Gasteiger partial charge on any atom is -0.497 e. The van der Waals surface area contributed by atoms with Crippen LogP contribution in [0.5, 0.6) is 5.75 Å². The Bertz CT molecular complexity index is 733. The first-order chi connectivity index (χ1) is 12.1. The van der Waals surface area contributed by atoms with Gasteiger partial charge in [0.05, 0.1) is 19.3 Å². The summed E-state index contributed by atoms with van der Waals surface area (Å²) in [5.74, 6) is 0.798. The molecular weight excluding hydrogens is 316 g/mol. The molecule has 1 aromatic heterocycles. The number of amides is 1. The third-order valence-corrected chi connectivity index (χ3v) is 4.71. The van der Waals surface area contributed by atoms with E-state index in [4.69, 9.17) is 4.74 Å². The van der Waals surface area contributed by atoms with Crippen LogP contribution in [0.3, 0.4) is 0 Å². The van der Waals surface area contributed by atoms with Gasteiger partial charge in [-0.3, -0.25) is 14.4 Å². The fourth-order valence-electron chi connectivity index (χ4n) is 3.25. The molecule has 2 heterocycles. The average molecular weight is 342 g/mol. The molecule has 134 valence electrons. The van der Waals surface area contributed by atoms with Crippen molar-refractivity contribution < 1.29 is 9.53 Å². The zero-order valence-electron chi connectivity index (χ0n) is 15.2. The largest absolute Gasteiger partial charge is 0.497 e. The third kappa shape index (κ3) is 4.20. The second-order valence-electron chi connectivity index (χ2n) is 6.52. The van der Waals surface area contributed by atoms with Crippen LogP contribution >= 0.6 is 0 Å². The van der Waals surface area contributed by atoms with E-state index in [-0.39, 0.29) is 5.91 Å². The molecule has 0 bridgehead atoms. The summed E-state index contributed by atoms with van der Waals surface area (Å²) < 4.78 is 7.27. The zero-order chi connectivity index (χ0) is 17.8. The maximum Gasteiger partial charge on any atom is 0.254 e. The number of benzene rings is 1. The van der Waals surface area contributed by atoms with Crippen LogP contribution in [0.4, 0.5) is 0 Å². The lowest BCUT2D eigenvalue weighted by atomic mass is 10.1. The highest BCUT2D eigenvalue weighted by Crippen LogP contribution is 2.15. The molecule has 0 unspecified atom stereocenters. The lowest BCUT2D eigenvalue weighted by Crippen LogP contribution is -2.49. The Morgan fingerprint density at radius 2 is 1.88 bits per heavy atom. The molecule has 2 aromatic rings. The lowest BCUT2D eigenvalue weighted by molar-refractivity contribution is 0.0631. The molecule has 0 N–H and O–H groups in total. The van der Waals surface area contributed by atoms with Gasteiger partial charge in [0.15, 0.2) is 0 Å². The summed E-state index contributed by atoms with van der Waals surface area (Å²) in [6, 6.07) is 9.47. The van der Waals surface area contributed by atoms with E-state index in [1.54, 1.807) is 13.2 Å². The summed E-state index contributed by atoms with van der Waals surface area (Å²) in [6.45, 7) is 9.27. The highest BCUT2D eigenvalue weighted by atomic mass is 16.5. The molecule has 1 aliphatic rings. The Balaban J connectivity index is 1.51. The van der Waals surface area contributed by atoms with Crippen molar-refractivity contribution in [2.24, 2.45) is 0 Å². The van der Waals surface area contributed by atoms with E-state index in [1.807, 2.05) is 30.0 Å². The summed E-state index contributed by atoms with van der Waals surface area (Å²) >= 11 is 0. The molecule has 6 nitrogen and oxygen atoms in total. The Hall–Kier alpha value is -2.34. The van der Waals surface area contributed by atoms with Gasteiger partial charge in [0.25, 0.3) is 5.91 Å². The van der Waals surface area contributed by atoms with Crippen molar-refractivity contribution in [2.75, 3.05) is 39.8 Å². The summed E-state index contributed by atoms with van der Waals surface area (Å²) in [7, 11) is 1.62. The van der Waals surface area contributed by atoms with Crippen LogP contribution in [0, 0.1) is 13.8 Å². The van der Waals surface area contributed by atoms with Gasteiger partial charge in [-0.1, -0.05) is 6.07 Å². The minimum atomic E-state index is 0.0806. The predicted octanol–water partition coefficient (Wildman–Crippen LogP) is 1.97. The number of hydrogen-bond donors (Lipinski definition) is 0. The highest BCUT2D eigenvalue weighted by Gasteiger charge is 2.22. The Morgan fingerprint density at radius 1 is 1.12 bits per heavy atom. The minimum absolute atomic E-state index is 0.0806. The third-order valence-electron chi connectivity index (χ3n) is 4.71. The van der Waals surface area contributed by atoms with Crippen LogP contribution < -0.4 is 4.74 Å². The van der Waals surface area contributed by atoms with Crippen molar-refractivity contribution >= 4 is 5.91 Å². The summed E-state index contributed by atoms with van der Waals surface area (Å²) in [6.07, 6.45) is 0. The van der Waals surface area contributed by atoms with E-state index in [9.17, 15) is 4.79 Å². The number of ether oxygens (including phenoxy) is 1. The molecule has 25 heavy (non-hydrogen) atoms. The van der Waals surface area contributed by atoms with Crippen LogP contribution in [-0.4, -0.2) is 65.3 Å². The maximum atomic E-state index is 12.6. The molecule has 0 aliphatic carbocycles. The summed E-state index contributed by atoms with van der Waals surface area (Å²) in [5.41, 5.74) is 2.95. The first-order valence-electron chi connectivity index (χ1n) is 8.73. The molecule has 6 heteroatoms. The van der Waals surface area contributed by atoms with Crippen LogP contribution in [0.1, 0.15) is 21.7 Å². The number of methoxy groups -OCH3 is 1. The van der Waals surface area contributed by atoms with Crippen LogP contribution in [0.25, 0.3) is 0 Å². The van der Waals surface area contributed by atoms with Crippen molar-refractivity contribution in [3.63, 3.8) is 0 Å². The molecule has 0 saturated carbocycles. The van der Waals surface area contributed by atoms with Gasteiger partial charge in [-0.2, -0.15) is 5.10 Å². The number of aromatic nitrogens is 2. The Morgan fingerprint density at radius 3 is 2.52 bits per heavy atom. The predicted molar refractivity (Wildman–Crippen MR) is 97.0 cm³/mol. The summed E-state index contributed by atoms with van der Waals surface area (Å²) in [4.78, 5) is 17.0. The van der Waals surface area contributed by atoms with Crippen molar-refractivity contribution in [3.05, 3.63) is 47.3 Å². The Labute approximate surface area is 149 Å². The molecular formula is C19H26N4O2. The van der Waals surface area contributed by atoms with Gasteiger partial charge >= 0.3 is 0 Å². The molecule has 1 fully saturated rings. The maximum absolute atomic E-state index is 12.6. The first-order valence-corrected chi connectivity index (χ1v) is 8.73. The standard InChI is InChI=1S/C19H26N4O2/c1-15-13-16(2)23(20-15)12-9-21-7-10-22(11-8-21)19(24)17-5-4-6-18(14-17)25-3/h4-6,13-14H,7-12H2,1-3H3. The average Bonchev–Trinajstić information content (AvgIpc) is 2.97. The van der Waals surface area contributed by atoms with Crippen molar-refractivity contribution in [2.45, 2.75) is 20.4 Å². The first kappa shape index (κ1) is 17.5. The molecule has 0 radical (unpaired) electrons. The van der Waals surface area contributed by atoms with E-state index in [0.717, 1.165) is 50.7 Å². The van der Waals surface area contributed by atoms with Gasteiger partial charge in [-0.15, -0.1) is 0 Å². The molecule has 1 aliphatic heterocycles. The second-order valence-corrected chi connectivity index (χ2v) is 6.52. The topological polar surface area (TPSA) is 50.6 Å². The fraction of sp³-hybridized carbons (Fsp3) is 0.474. The van der Waals surface area contributed by atoms with Gasteiger partial charge in [0, 0.05) is 44.0 Å². The summed E-state index contributed by atoms with van der Waals surface area (Å²) in [5, 5.41) is 4.51. The van der Waals surface area contributed by atoms with Crippen LogP contribution in [-0.2, 0) is 6.54 Å². The molecule has 1 saturated heterocycles. The number of nitrogens with zero attached hydrogens (tertiary/aromatic N) is 4. The lowest BCUT2D eigenvalue weighted by Gasteiger charge is -2.34. The van der Waals surface area contributed by atoms with Gasteiger partial charge in [-0.05, 0) is 38.1 Å². The SMILES string of the molecule is COc1cccc(C(=O)N2CCN(CCn3nc(C)cc3C)CC2)c1. The van der Waals surface area contributed by atoms with Gasteiger partial charge in [-0.25, -0.2) is 0 Å². The normalized spacial score (nSPS) is 15.4. The van der Waals surface area contributed by atoms with Gasteiger partial charge in [0.1, 0.15) is 5.75 Å². The van der Waals surface area contributed by atoms with E-state index in [1.165, 1.54) is 5.69 Å². The zero-order valence-corrected chi connectivity index (χ0v) is 15.2. The number of carbonyl (C=O) groups excluding carboxylic acids is 1. The Kier molecular flexibility index (Phi) is 5.38. The number of hydrogen-bond acceptors (Lipinski definition) is 4. The van der Waals surface area contributed by atoms with E-state index < -0.39 is 0 Å². The van der Waals surface area contributed by atoms with Crippen molar-refractivity contribution in [1.82, 2.24) is 19.6 Å². The van der Waals surface area contributed by atoms with Gasteiger partial charge in [0.2, 0.25) is 0 Å². The molecule has 1 amide bonds. The van der Waals surface area contributed by atoms with E-state index in [0.29, 0.717) is 5.56 Å². The monoisotopic (exact) mass is 342 g/mol. The fourth-order valence-corrected chi connectivity index (χ4v) is 3.25. The number of rotatable bonds is 5. The van der Waals surface area contributed by atoms with Crippen LogP contribution in [0.15, 0.2) is 30.3 Å². The van der Waals surface area contributed by atoms with Crippen molar-refractivity contribution in [1.29, 1.82) is 0 Å². The van der Waals surface area contributed by atoms with Crippen LogP contribution in [0.2, 0.25) is 0 Å². The van der Waals surface area contributed by atoms with Crippen molar-refractivity contribution in [3.8, 4) is 5.75 Å². The van der Waals surface area contributed by atoms with E-state index in [2.05, 4.69) is 27.7 Å². The smallest absolute Gasteiger partial charge is 0.254 e. The van der Waals surface area contributed by atoms with E-state index >= 15 is 0 Å². The second kappa shape index (κ2) is 7.70. The highest BCUT2D eigenvalue weighted by molar-refractivity contribution is 5.94. The molecule has 1 aromatic carbocycles. The molecule has 0 spiro atoms. The van der Waals surface area contributed by atoms with Gasteiger partial charge < -0.3 is 9.64 Å². The number of carbonyl (C=O) groups is 1. The molecule has 0 atom stereocenters. The number of aryl methyl sites for hydroxylation is 2. The number of piperazine rings is 1. The molecule has 3 rings (SSSR count).